The zero-order valence-corrected chi connectivity index (χ0v) is 12.9. The molecule has 0 bridgehead atoms. The van der Waals surface area contributed by atoms with Crippen molar-refractivity contribution in [3.63, 3.8) is 0 Å². The Morgan fingerprint density at radius 1 is 1.23 bits per heavy atom. The summed E-state index contributed by atoms with van der Waals surface area (Å²) in [5.41, 5.74) is 7.43. The van der Waals surface area contributed by atoms with Gasteiger partial charge in [-0.3, -0.25) is 9.59 Å². The zero-order chi connectivity index (χ0) is 15.7. The van der Waals surface area contributed by atoms with Gasteiger partial charge in [-0.05, 0) is 12.0 Å². The number of carbonyl (C=O) groups is 2. The Morgan fingerprint density at radius 2 is 1.95 bits per heavy atom. The molecule has 5 nitrogen and oxygen atoms in total. The van der Waals surface area contributed by atoms with E-state index in [9.17, 15) is 9.59 Å². The van der Waals surface area contributed by atoms with E-state index in [0.29, 0.717) is 26.1 Å². The molecule has 2 heterocycles. The van der Waals surface area contributed by atoms with Gasteiger partial charge in [0.05, 0.1) is 0 Å². The van der Waals surface area contributed by atoms with Gasteiger partial charge in [0.15, 0.2) is 0 Å². The largest absolute Gasteiger partial charge is 0.346 e. The van der Waals surface area contributed by atoms with Crippen LogP contribution in [-0.2, 0) is 9.59 Å². The molecule has 2 N–H and O–H groups in total. The molecule has 0 aliphatic carbocycles. The highest BCUT2D eigenvalue weighted by Crippen LogP contribution is 2.29. The number of piperidine rings is 1. The maximum Gasteiger partial charge on any atom is 0.226 e. The Hall–Kier alpha value is -1.88. The normalized spacial score (nSPS) is 29.0. The molecule has 0 spiro atoms. The highest BCUT2D eigenvalue weighted by molar-refractivity contribution is 5.87. The Morgan fingerprint density at radius 3 is 2.64 bits per heavy atom. The Kier molecular flexibility index (Phi) is 4.16. The van der Waals surface area contributed by atoms with Gasteiger partial charge in [0.1, 0.15) is 0 Å². The number of likely N-dealkylation sites (tertiary alicyclic amines) is 2. The molecule has 1 aromatic rings. The fraction of sp³-hybridized carbons (Fsp3) is 0.529. The lowest BCUT2D eigenvalue weighted by Gasteiger charge is -2.30. The highest BCUT2D eigenvalue weighted by Gasteiger charge is 2.38. The molecule has 22 heavy (non-hydrogen) atoms. The van der Waals surface area contributed by atoms with Crippen molar-refractivity contribution < 1.29 is 9.59 Å². The van der Waals surface area contributed by atoms with Gasteiger partial charge in [-0.1, -0.05) is 30.3 Å². The summed E-state index contributed by atoms with van der Waals surface area (Å²) in [6.07, 6.45) is 1.08. The maximum atomic E-state index is 12.7. The van der Waals surface area contributed by atoms with Gasteiger partial charge >= 0.3 is 0 Å². The average molecular weight is 301 g/mol. The third-order valence-corrected chi connectivity index (χ3v) is 4.91. The molecule has 0 aromatic heterocycles. The standard InChI is InChI=1S/C17H23N3O2/c1-19-8-7-13(9-16(19)21)17(22)20-10-14(15(18)11-20)12-5-3-2-4-6-12/h2-6,13-15H,7-11,18H2,1H3/t13?,14-,15+/m0/s1. The molecule has 1 unspecified atom stereocenters. The van der Waals surface area contributed by atoms with Crippen molar-refractivity contribution in [3.8, 4) is 0 Å². The molecule has 0 radical (unpaired) electrons. The van der Waals surface area contributed by atoms with Crippen LogP contribution in [0.5, 0.6) is 0 Å². The summed E-state index contributed by atoms with van der Waals surface area (Å²) in [6, 6.07) is 10.1. The van der Waals surface area contributed by atoms with Crippen LogP contribution in [0.3, 0.4) is 0 Å². The summed E-state index contributed by atoms with van der Waals surface area (Å²) < 4.78 is 0. The van der Waals surface area contributed by atoms with Gasteiger partial charge in [0, 0.05) is 51.0 Å². The molecule has 3 atom stereocenters. The topological polar surface area (TPSA) is 66.6 Å². The summed E-state index contributed by atoms with van der Waals surface area (Å²) in [5, 5.41) is 0. The average Bonchev–Trinajstić information content (AvgIpc) is 2.92. The predicted octanol–water partition coefficient (Wildman–Crippen LogP) is 0.808. The fourth-order valence-electron chi connectivity index (χ4n) is 3.47. The minimum atomic E-state index is -0.176. The van der Waals surface area contributed by atoms with Crippen LogP contribution >= 0.6 is 0 Å². The summed E-state index contributed by atoms with van der Waals surface area (Å²) in [4.78, 5) is 28.0. The molecule has 3 rings (SSSR count). The molecule has 1 aromatic carbocycles. The first kappa shape index (κ1) is 15.0. The number of hydrogen-bond acceptors (Lipinski definition) is 3. The maximum absolute atomic E-state index is 12.7. The van der Waals surface area contributed by atoms with E-state index in [1.54, 1.807) is 11.9 Å². The van der Waals surface area contributed by atoms with E-state index in [4.69, 9.17) is 5.73 Å². The number of amides is 2. The molecule has 0 saturated carbocycles. The predicted molar refractivity (Wildman–Crippen MR) is 84.1 cm³/mol. The lowest BCUT2D eigenvalue weighted by atomic mass is 9.94. The summed E-state index contributed by atoms with van der Waals surface area (Å²) in [6.45, 7) is 1.90. The van der Waals surface area contributed by atoms with Crippen LogP contribution in [0, 0.1) is 5.92 Å². The lowest BCUT2D eigenvalue weighted by Crippen LogP contribution is -2.43. The fourth-order valence-corrected chi connectivity index (χ4v) is 3.47. The van der Waals surface area contributed by atoms with E-state index < -0.39 is 0 Å². The van der Waals surface area contributed by atoms with Crippen molar-refractivity contribution >= 4 is 11.8 Å². The second-order valence-corrected chi connectivity index (χ2v) is 6.43. The molecule has 2 aliphatic rings. The minimum absolute atomic E-state index is 0.0340. The van der Waals surface area contributed by atoms with E-state index in [1.807, 2.05) is 23.1 Å². The van der Waals surface area contributed by atoms with Gasteiger partial charge in [-0.15, -0.1) is 0 Å². The molecule has 2 saturated heterocycles. The highest BCUT2D eigenvalue weighted by atomic mass is 16.2. The van der Waals surface area contributed by atoms with Gasteiger partial charge in [-0.2, -0.15) is 0 Å². The Balaban J connectivity index is 1.67. The SMILES string of the molecule is CN1CCC(C(=O)N2C[C@@H](N)[C@H](c3ccccc3)C2)CC1=O. The molecular formula is C17H23N3O2. The van der Waals surface area contributed by atoms with Crippen molar-refractivity contribution in [1.29, 1.82) is 0 Å². The lowest BCUT2D eigenvalue weighted by molar-refractivity contribution is -0.143. The number of rotatable bonds is 2. The Bertz CT molecular complexity index is 560. The van der Waals surface area contributed by atoms with Crippen molar-refractivity contribution in [2.24, 2.45) is 11.7 Å². The van der Waals surface area contributed by atoms with Crippen molar-refractivity contribution in [3.05, 3.63) is 35.9 Å². The molecule has 5 heteroatoms. The second-order valence-electron chi connectivity index (χ2n) is 6.43. The monoisotopic (exact) mass is 301 g/mol. The van der Waals surface area contributed by atoms with Crippen LogP contribution in [0.1, 0.15) is 24.3 Å². The van der Waals surface area contributed by atoms with Crippen LogP contribution < -0.4 is 5.73 Å². The third-order valence-electron chi connectivity index (χ3n) is 4.91. The first-order chi connectivity index (χ1) is 10.6. The summed E-state index contributed by atoms with van der Waals surface area (Å²) in [5.74, 6) is 0.167. The first-order valence-electron chi connectivity index (χ1n) is 7.89. The van der Waals surface area contributed by atoms with Crippen LogP contribution in [0.15, 0.2) is 30.3 Å². The quantitative estimate of drug-likeness (QED) is 0.879. The third kappa shape index (κ3) is 2.86. The smallest absolute Gasteiger partial charge is 0.226 e. The van der Waals surface area contributed by atoms with Gasteiger partial charge in [-0.25, -0.2) is 0 Å². The van der Waals surface area contributed by atoms with E-state index in [1.165, 1.54) is 5.56 Å². The summed E-state index contributed by atoms with van der Waals surface area (Å²) in [7, 11) is 1.79. The van der Waals surface area contributed by atoms with E-state index >= 15 is 0 Å². The molecule has 118 valence electrons. The van der Waals surface area contributed by atoms with Crippen molar-refractivity contribution in [2.45, 2.75) is 24.8 Å². The molecular weight excluding hydrogens is 278 g/mol. The number of hydrogen-bond donors (Lipinski definition) is 1. The van der Waals surface area contributed by atoms with Crippen LogP contribution in [-0.4, -0.2) is 54.3 Å². The van der Waals surface area contributed by atoms with E-state index in [2.05, 4.69) is 12.1 Å². The molecule has 2 aliphatic heterocycles. The van der Waals surface area contributed by atoms with Gasteiger partial charge < -0.3 is 15.5 Å². The molecule has 2 fully saturated rings. The number of carbonyl (C=O) groups excluding carboxylic acids is 2. The number of nitrogens with two attached hydrogens (primary N) is 1. The van der Waals surface area contributed by atoms with E-state index in [0.717, 1.165) is 6.42 Å². The van der Waals surface area contributed by atoms with Crippen LogP contribution in [0.4, 0.5) is 0 Å². The van der Waals surface area contributed by atoms with Crippen molar-refractivity contribution in [1.82, 2.24) is 9.80 Å². The minimum Gasteiger partial charge on any atom is -0.346 e. The first-order valence-corrected chi connectivity index (χ1v) is 7.89. The molecule has 2 amide bonds. The van der Waals surface area contributed by atoms with Gasteiger partial charge in [0.2, 0.25) is 11.8 Å². The zero-order valence-electron chi connectivity index (χ0n) is 12.9. The van der Waals surface area contributed by atoms with Crippen LogP contribution in [0.25, 0.3) is 0 Å². The van der Waals surface area contributed by atoms with Crippen molar-refractivity contribution in [2.75, 3.05) is 26.7 Å². The Labute approximate surface area is 131 Å². The summed E-state index contributed by atoms with van der Waals surface area (Å²) >= 11 is 0. The van der Waals surface area contributed by atoms with Crippen LogP contribution in [0.2, 0.25) is 0 Å². The van der Waals surface area contributed by atoms with E-state index in [-0.39, 0.29) is 29.7 Å². The second kappa shape index (κ2) is 6.08. The number of nitrogens with zero attached hydrogens (tertiary/aromatic N) is 2. The number of benzene rings is 1. The van der Waals surface area contributed by atoms with Gasteiger partial charge in [0.25, 0.3) is 0 Å².